The molecule has 1 N–H and O–H groups in total. The number of benzene rings is 1. The molecule has 8 heteroatoms. The predicted octanol–water partition coefficient (Wildman–Crippen LogP) is 4.55. The van der Waals surface area contributed by atoms with Gasteiger partial charge < -0.3 is 19.5 Å². The minimum Gasteiger partial charge on any atom is -0.491 e. The standard InChI is InChI=1S/C29H40FN3O4/c1-21(35-2)19-37-26-8-4-6-23(16-26)24(17-27(34)36-3)18-33-15-13-29(30,20-33)12-11-25-10-9-22-7-5-14-31-28(22)32-25/h4,6,8-10,16,21,24H,5,7,11-15,17-20H2,1-3H3,(H,31,32)/t21-,24-,29+/m1/s1. The smallest absolute Gasteiger partial charge is 0.306 e. The number of pyridine rings is 1. The van der Waals surface area contributed by atoms with Crippen molar-refractivity contribution >= 4 is 11.8 Å². The van der Waals surface area contributed by atoms with Gasteiger partial charge >= 0.3 is 5.97 Å². The van der Waals surface area contributed by atoms with Crippen molar-refractivity contribution in [2.75, 3.05) is 52.3 Å². The summed E-state index contributed by atoms with van der Waals surface area (Å²) in [6.07, 6.45) is 3.92. The number of aromatic nitrogens is 1. The first kappa shape index (κ1) is 27.3. The number of likely N-dealkylation sites (tertiary alicyclic amines) is 1. The lowest BCUT2D eigenvalue weighted by molar-refractivity contribution is -0.141. The molecule has 0 radical (unpaired) electrons. The fourth-order valence-corrected chi connectivity index (χ4v) is 5.16. The lowest BCUT2D eigenvalue weighted by Crippen LogP contribution is -2.33. The molecule has 202 valence electrons. The van der Waals surface area contributed by atoms with Crippen molar-refractivity contribution in [3.05, 3.63) is 53.2 Å². The average Bonchev–Trinajstić information content (AvgIpc) is 3.30. The number of nitrogens with zero attached hydrogens (tertiary/aromatic N) is 2. The molecular weight excluding hydrogens is 473 g/mol. The summed E-state index contributed by atoms with van der Waals surface area (Å²) in [6.45, 7) is 4.93. The number of hydrogen-bond acceptors (Lipinski definition) is 7. The Balaban J connectivity index is 1.37. The second-order valence-electron chi connectivity index (χ2n) is 10.4. The molecule has 1 saturated heterocycles. The number of nitrogens with one attached hydrogen (secondary N) is 1. The van der Waals surface area contributed by atoms with E-state index in [1.807, 2.05) is 37.3 Å². The zero-order valence-corrected chi connectivity index (χ0v) is 22.3. The molecule has 2 aliphatic heterocycles. The van der Waals surface area contributed by atoms with E-state index in [1.54, 1.807) is 7.11 Å². The second kappa shape index (κ2) is 12.7. The summed E-state index contributed by atoms with van der Waals surface area (Å²) < 4.78 is 31.9. The van der Waals surface area contributed by atoms with Gasteiger partial charge in [-0.15, -0.1) is 0 Å². The van der Waals surface area contributed by atoms with Crippen LogP contribution in [0.2, 0.25) is 0 Å². The largest absolute Gasteiger partial charge is 0.491 e. The third-order valence-electron chi connectivity index (χ3n) is 7.50. The summed E-state index contributed by atoms with van der Waals surface area (Å²) in [6, 6.07) is 11.9. The maximum absolute atomic E-state index is 15.8. The van der Waals surface area contributed by atoms with Crippen LogP contribution in [0.25, 0.3) is 0 Å². The third-order valence-corrected chi connectivity index (χ3v) is 7.50. The molecule has 1 aromatic carbocycles. The molecule has 0 saturated carbocycles. The summed E-state index contributed by atoms with van der Waals surface area (Å²) in [4.78, 5) is 19.1. The van der Waals surface area contributed by atoms with Crippen LogP contribution in [-0.4, -0.2) is 74.6 Å². The van der Waals surface area contributed by atoms with E-state index in [2.05, 4.69) is 16.3 Å². The van der Waals surface area contributed by atoms with Crippen molar-refractivity contribution < 1.29 is 23.4 Å². The van der Waals surface area contributed by atoms with Gasteiger partial charge in [-0.1, -0.05) is 18.2 Å². The molecule has 0 amide bonds. The molecule has 2 aliphatic rings. The number of carbonyl (C=O) groups excluding carboxylic acids is 1. The molecular formula is C29H40FN3O4. The van der Waals surface area contributed by atoms with Crippen LogP contribution in [0.5, 0.6) is 5.75 Å². The van der Waals surface area contributed by atoms with E-state index in [0.29, 0.717) is 45.5 Å². The monoisotopic (exact) mass is 513 g/mol. The van der Waals surface area contributed by atoms with Crippen LogP contribution in [0, 0.1) is 0 Å². The molecule has 3 atom stereocenters. The molecule has 0 bridgehead atoms. The van der Waals surface area contributed by atoms with Gasteiger partial charge in [0.25, 0.3) is 0 Å². The van der Waals surface area contributed by atoms with Gasteiger partial charge in [0.05, 0.1) is 19.6 Å². The van der Waals surface area contributed by atoms with E-state index >= 15 is 4.39 Å². The molecule has 4 rings (SSSR count). The van der Waals surface area contributed by atoms with E-state index in [-0.39, 0.29) is 24.4 Å². The van der Waals surface area contributed by atoms with Crippen molar-refractivity contribution in [3.63, 3.8) is 0 Å². The van der Waals surface area contributed by atoms with Crippen molar-refractivity contribution in [2.45, 2.75) is 63.1 Å². The Labute approximate surface area is 219 Å². The molecule has 1 fully saturated rings. The van der Waals surface area contributed by atoms with E-state index in [0.717, 1.165) is 42.2 Å². The van der Waals surface area contributed by atoms with Gasteiger partial charge in [0.1, 0.15) is 23.8 Å². The summed E-state index contributed by atoms with van der Waals surface area (Å²) in [5, 5.41) is 3.36. The number of carbonyl (C=O) groups is 1. The average molecular weight is 514 g/mol. The van der Waals surface area contributed by atoms with Crippen molar-refractivity contribution in [1.82, 2.24) is 9.88 Å². The molecule has 1 aromatic heterocycles. The number of rotatable bonds is 12. The number of alkyl halides is 1. The summed E-state index contributed by atoms with van der Waals surface area (Å²) in [5.74, 6) is 1.29. The van der Waals surface area contributed by atoms with Crippen molar-refractivity contribution in [3.8, 4) is 5.75 Å². The van der Waals surface area contributed by atoms with Gasteiger partial charge in [-0.05, 0) is 68.4 Å². The molecule has 2 aromatic rings. The highest BCUT2D eigenvalue weighted by molar-refractivity contribution is 5.70. The molecule has 3 heterocycles. The zero-order valence-electron chi connectivity index (χ0n) is 22.3. The van der Waals surface area contributed by atoms with E-state index in [1.165, 1.54) is 12.7 Å². The maximum Gasteiger partial charge on any atom is 0.306 e. The van der Waals surface area contributed by atoms with Crippen LogP contribution < -0.4 is 10.1 Å². The van der Waals surface area contributed by atoms with Crippen LogP contribution >= 0.6 is 0 Å². The third kappa shape index (κ3) is 7.65. The molecule has 0 aliphatic carbocycles. The number of fused-ring (bicyclic) bond motifs is 1. The highest BCUT2D eigenvalue weighted by Crippen LogP contribution is 2.34. The highest BCUT2D eigenvalue weighted by Gasteiger charge is 2.39. The van der Waals surface area contributed by atoms with Gasteiger partial charge in [-0.3, -0.25) is 9.69 Å². The fourth-order valence-electron chi connectivity index (χ4n) is 5.16. The first-order chi connectivity index (χ1) is 17.9. The Bertz CT molecular complexity index is 1050. The Morgan fingerprint density at radius 1 is 1.27 bits per heavy atom. The topological polar surface area (TPSA) is 72.9 Å². The fraction of sp³-hybridized carbons (Fsp3) is 0.586. The first-order valence-electron chi connectivity index (χ1n) is 13.3. The summed E-state index contributed by atoms with van der Waals surface area (Å²) in [5.41, 5.74) is 1.90. The molecule has 0 unspecified atom stereocenters. The SMILES string of the molecule is COC(=O)C[C@H](CN1CC[C@@](F)(CCc2ccc3c(n2)NCCC3)C1)c1cccc(OC[C@@H](C)OC)c1. The van der Waals surface area contributed by atoms with Crippen molar-refractivity contribution in [2.24, 2.45) is 0 Å². The Hall–Kier alpha value is -2.71. The first-order valence-corrected chi connectivity index (χ1v) is 13.3. The molecule has 37 heavy (non-hydrogen) atoms. The van der Waals surface area contributed by atoms with Crippen LogP contribution in [0.15, 0.2) is 36.4 Å². The summed E-state index contributed by atoms with van der Waals surface area (Å²) >= 11 is 0. The molecule has 0 spiro atoms. The van der Waals surface area contributed by atoms with Crippen LogP contribution in [-0.2, 0) is 27.1 Å². The number of halogens is 1. The molecule has 7 nitrogen and oxygen atoms in total. The number of aryl methyl sites for hydroxylation is 2. The Morgan fingerprint density at radius 2 is 2.14 bits per heavy atom. The number of anilines is 1. The minimum absolute atomic E-state index is 0.0235. The normalized spacial score (nSPS) is 21.1. The quantitative estimate of drug-likeness (QED) is 0.418. The van der Waals surface area contributed by atoms with Gasteiger partial charge in [0, 0.05) is 44.9 Å². The van der Waals surface area contributed by atoms with Gasteiger partial charge in [0.2, 0.25) is 0 Å². The zero-order chi connectivity index (χ0) is 26.3. The number of methoxy groups -OCH3 is 2. The second-order valence-corrected chi connectivity index (χ2v) is 10.4. The van der Waals surface area contributed by atoms with E-state index in [9.17, 15) is 4.79 Å². The number of ether oxygens (including phenoxy) is 3. The summed E-state index contributed by atoms with van der Waals surface area (Å²) in [7, 11) is 3.05. The number of esters is 1. The number of hydrogen-bond donors (Lipinski definition) is 1. The highest BCUT2D eigenvalue weighted by atomic mass is 19.1. The predicted molar refractivity (Wildman–Crippen MR) is 142 cm³/mol. The lowest BCUT2D eigenvalue weighted by Gasteiger charge is -2.25. The van der Waals surface area contributed by atoms with Crippen LogP contribution in [0.1, 0.15) is 55.3 Å². The van der Waals surface area contributed by atoms with Gasteiger partial charge in [-0.2, -0.15) is 0 Å². The van der Waals surface area contributed by atoms with E-state index in [4.69, 9.17) is 19.2 Å². The lowest BCUT2D eigenvalue weighted by atomic mass is 9.94. The maximum atomic E-state index is 15.8. The Morgan fingerprint density at radius 3 is 2.95 bits per heavy atom. The van der Waals surface area contributed by atoms with E-state index < -0.39 is 5.67 Å². The van der Waals surface area contributed by atoms with Crippen LogP contribution in [0.4, 0.5) is 10.2 Å². The Kier molecular flexibility index (Phi) is 9.38. The van der Waals surface area contributed by atoms with Crippen LogP contribution in [0.3, 0.4) is 0 Å². The van der Waals surface area contributed by atoms with Gasteiger partial charge in [0.15, 0.2) is 0 Å². The van der Waals surface area contributed by atoms with Crippen molar-refractivity contribution in [1.29, 1.82) is 0 Å². The minimum atomic E-state index is -1.26. The van der Waals surface area contributed by atoms with Gasteiger partial charge in [-0.25, -0.2) is 9.37 Å².